The molecule has 2 aliphatic heterocycles. The highest BCUT2D eigenvalue weighted by atomic mass is 32.1. The highest BCUT2D eigenvalue weighted by Gasteiger charge is 2.18. The van der Waals surface area contributed by atoms with E-state index in [0.717, 1.165) is 71.6 Å². The fourth-order valence-corrected chi connectivity index (χ4v) is 9.99. The van der Waals surface area contributed by atoms with Gasteiger partial charge in [-0.3, -0.25) is 4.98 Å². The second-order valence-corrected chi connectivity index (χ2v) is 32.7. The summed E-state index contributed by atoms with van der Waals surface area (Å²) >= 11 is 3.04. The van der Waals surface area contributed by atoms with Crippen LogP contribution in [-0.2, 0) is 18.9 Å². The van der Waals surface area contributed by atoms with Gasteiger partial charge in [-0.1, -0.05) is 193 Å². The molecule has 74 heavy (non-hydrogen) atoms. The summed E-state index contributed by atoms with van der Waals surface area (Å²) in [5.74, 6) is 17.2. The van der Waals surface area contributed by atoms with Crippen molar-refractivity contribution in [3.63, 3.8) is 0 Å². The van der Waals surface area contributed by atoms with Crippen LogP contribution in [0.5, 0.6) is 0 Å². The quantitative estimate of drug-likeness (QED) is 0.0382. The lowest BCUT2D eigenvalue weighted by molar-refractivity contribution is 0.0488. The van der Waals surface area contributed by atoms with Gasteiger partial charge in [0.1, 0.15) is 16.1 Å². The molecule has 0 aromatic carbocycles. The summed E-state index contributed by atoms with van der Waals surface area (Å²) in [6.45, 7) is 26.5. The van der Waals surface area contributed by atoms with E-state index in [0.29, 0.717) is 24.3 Å². The molecule has 5 rings (SSSR count). The molecule has 5 heterocycles. The van der Waals surface area contributed by atoms with Crippen LogP contribution in [0.1, 0.15) is 215 Å². The number of carbonyl (C=O) groups excluding carboxylic acids is 2. The fraction of sp³-hybridized carbons (Fsp3) is 0.635. The van der Waals surface area contributed by atoms with Gasteiger partial charge < -0.3 is 18.9 Å². The van der Waals surface area contributed by atoms with Gasteiger partial charge in [0.2, 0.25) is 0 Å². The number of esters is 2. The number of thiophene rings is 2. The molecule has 0 N–H and O–H groups in total. The lowest BCUT2D eigenvalue weighted by Crippen LogP contribution is -2.16. The number of carbonyl (C=O) groups is 2. The maximum absolute atomic E-state index is 12.8. The van der Waals surface area contributed by atoms with E-state index in [1.807, 2.05) is 37.3 Å². The van der Waals surface area contributed by atoms with Crippen molar-refractivity contribution in [1.29, 1.82) is 0 Å². The van der Waals surface area contributed by atoms with Gasteiger partial charge in [-0.2, -0.15) is 0 Å². The Kier molecular flexibility index (Phi) is 41.7. The molecule has 0 bridgehead atoms. The van der Waals surface area contributed by atoms with Gasteiger partial charge in [-0.05, 0) is 94.4 Å². The monoisotopic (exact) mass is 1080 g/mol. The summed E-state index contributed by atoms with van der Waals surface area (Å²) in [6, 6.07) is 9.45. The van der Waals surface area contributed by atoms with Crippen molar-refractivity contribution in [3.05, 3.63) is 73.4 Å². The van der Waals surface area contributed by atoms with Crippen LogP contribution >= 0.6 is 22.7 Å². The molecule has 0 aliphatic carbocycles. The first-order valence-electron chi connectivity index (χ1n) is 28.3. The number of aromatic nitrogens is 1. The fourth-order valence-electron chi connectivity index (χ4n) is 7.10. The first-order valence-corrected chi connectivity index (χ1v) is 36.9. The zero-order chi connectivity index (χ0) is 54.4. The van der Waals surface area contributed by atoms with Crippen LogP contribution < -0.4 is 0 Å². The van der Waals surface area contributed by atoms with Crippen LogP contribution in [0.3, 0.4) is 0 Å². The summed E-state index contributed by atoms with van der Waals surface area (Å²) in [4.78, 5) is 32.3. The molecule has 7 nitrogen and oxygen atoms in total. The molecule has 0 unspecified atom stereocenters. The lowest BCUT2D eigenvalue weighted by Gasteiger charge is -2.05. The number of pyridine rings is 1. The van der Waals surface area contributed by atoms with Crippen LogP contribution in [0.25, 0.3) is 0 Å². The molecule has 410 valence electrons. The summed E-state index contributed by atoms with van der Waals surface area (Å²) in [5.41, 5.74) is 7.94. The maximum atomic E-state index is 12.8. The smallest absolute Gasteiger partial charge is 0.340 e. The maximum Gasteiger partial charge on any atom is 0.340 e. The lowest BCUT2D eigenvalue weighted by atomic mass is 10.1. The van der Waals surface area contributed by atoms with E-state index >= 15 is 0 Å². The molecule has 11 heteroatoms. The Morgan fingerprint density at radius 2 is 0.946 bits per heavy atom. The third kappa shape index (κ3) is 40.4. The molecule has 0 radical (unpaired) electrons. The Hall–Kier alpha value is -3.92. The van der Waals surface area contributed by atoms with Gasteiger partial charge in [0.25, 0.3) is 0 Å². The molecule has 2 aliphatic rings. The average molecular weight is 1080 g/mol. The molecular weight excluding hydrogens is 987 g/mol. The number of aryl methyl sites for hydroxylation is 1. The molecule has 3 aromatic heterocycles. The van der Waals surface area contributed by atoms with E-state index in [2.05, 4.69) is 105 Å². The molecule has 0 amide bonds. The van der Waals surface area contributed by atoms with Crippen LogP contribution in [0.4, 0.5) is 0 Å². The highest BCUT2D eigenvalue weighted by molar-refractivity contribution is 7.13. The molecular formula is C63H97NO6S2Si2. The number of rotatable bonds is 24. The van der Waals surface area contributed by atoms with Gasteiger partial charge in [-0.25, -0.2) is 9.59 Å². The van der Waals surface area contributed by atoms with Crippen LogP contribution in [-0.4, -0.2) is 72.7 Å². The minimum atomic E-state index is -1.53. The Labute approximate surface area is 462 Å². The Morgan fingerprint density at radius 3 is 1.31 bits per heavy atom. The first kappa shape index (κ1) is 68.1. The van der Waals surface area contributed by atoms with Crippen molar-refractivity contribution < 1.29 is 28.5 Å². The number of hydrogen-bond donors (Lipinski definition) is 0. The predicted octanol–water partition coefficient (Wildman–Crippen LogP) is 17.5. The topological polar surface area (TPSA) is 84.0 Å². The second kappa shape index (κ2) is 45.3. The van der Waals surface area contributed by atoms with Crippen LogP contribution in [0.2, 0.25) is 39.3 Å². The SMILES string of the molecule is C1CCOC1.C1CCOC1.CC#CC#Cc1sc(C)cc1C(=O)OCCCCCCCCCCCC.CCCCCCCCCCCCOC(=O)c1cc(C#C[Si](C)(C)C)sc1C#C[Si](C)(C)C.c1ccncc1. The molecule has 2 fully saturated rings. The Balaban J connectivity index is 0.000000569. The highest BCUT2D eigenvalue weighted by Crippen LogP contribution is 2.24. The number of hydrogen-bond acceptors (Lipinski definition) is 9. The van der Waals surface area contributed by atoms with Crippen molar-refractivity contribution >= 4 is 50.8 Å². The Bertz CT molecular complexity index is 2100. The standard InChI is InChI=1S/C27H44O2SSi2.C23H32O2S.C5H5N.2C4H8O/c1-8-9-10-11-12-13-14-15-16-17-20-29-27(28)25-23-24(18-21-31(2,3)4)30-26(25)19-22-32(5,6)7;1-4-6-8-9-10-11-12-13-14-16-18-25-23(24)21-19-20(3)26-22(21)17-15-7-5-2;1-2-4-6-5-3-1;2*1-2-4-5-3-1/h23H,8-17,20H2,1-7H3;19H,4,6,8-14,16,18H2,1-3H3;1-5H;2*1-4H2. The minimum Gasteiger partial charge on any atom is -0.462 e. The van der Waals surface area contributed by atoms with Crippen LogP contribution in [0.15, 0.2) is 42.7 Å². The zero-order valence-electron chi connectivity index (χ0n) is 48.0. The van der Waals surface area contributed by atoms with E-state index in [1.54, 1.807) is 19.3 Å². The Morgan fingerprint density at radius 1 is 0.541 bits per heavy atom. The van der Waals surface area contributed by atoms with E-state index < -0.39 is 16.1 Å². The summed E-state index contributed by atoms with van der Waals surface area (Å²) in [5, 5.41) is 0. The van der Waals surface area contributed by atoms with Gasteiger partial charge in [0.05, 0.1) is 39.0 Å². The second-order valence-electron chi connectivity index (χ2n) is 20.9. The van der Waals surface area contributed by atoms with Crippen molar-refractivity contribution in [3.8, 4) is 46.6 Å². The van der Waals surface area contributed by atoms with Gasteiger partial charge in [0.15, 0.2) is 0 Å². The minimum absolute atomic E-state index is 0.252. The van der Waals surface area contributed by atoms with Crippen LogP contribution in [0, 0.1) is 53.5 Å². The largest absolute Gasteiger partial charge is 0.462 e. The molecule has 0 spiro atoms. The zero-order valence-corrected chi connectivity index (χ0v) is 51.6. The summed E-state index contributed by atoms with van der Waals surface area (Å²) in [6.07, 6.45) is 34.0. The first-order chi connectivity index (χ1) is 35.7. The van der Waals surface area contributed by atoms with E-state index in [9.17, 15) is 9.59 Å². The summed E-state index contributed by atoms with van der Waals surface area (Å²) in [7, 11) is -3.00. The predicted molar refractivity (Wildman–Crippen MR) is 323 cm³/mol. The molecule has 2 saturated heterocycles. The molecule has 0 saturated carbocycles. The van der Waals surface area contributed by atoms with E-state index in [-0.39, 0.29) is 11.9 Å². The third-order valence-corrected chi connectivity index (χ3v) is 14.9. The van der Waals surface area contributed by atoms with E-state index in [4.69, 9.17) is 18.9 Å². The summed E-state index contributed by atoms with van der Waals surface area (Å²) < 4.78 is 20.9. The van der Waals surface area contributed by atoms with Gasteiger partial charge in [-0.15, -0.1) is 33.8 Å². The molecule has 3 aromatic rings. The van der Waals surface area contributed by atoms with Crippen molar-refractivity contribution in [2.75, 3.05) is 39.6 Å². The van der Waals surface area contributed by atoms with Crippen molar-refractivity contribution in [2.24, 2.45) is 0 Å². The number of ether oxygens (including phenoxy) is 4. The number of unbranched alkanes of at least 4 members (excludes halogenated alkanes) is 18. The van der Waals surface area contributed by atoms with E-state index in [1.165, 1.54) is 151 Å². The van der Waals surface area contributed by atoms with Gasteiger partial charge >= 0.3 is 11.9 Å². The van der Waals surface area contributed by atoms with Crippen molar-refractivity contribution in [2.45, 2.75) is 221 Å². The van der Waals surface area contributed by atoms with Crippen molar-refractivity contribution in [1.82, 2.24) is 4.98 Å². The normalized spacial score (nSPS) is 12.2. The third-order valence-electron chi connectivity index (χ3n) is 11.2. The molecule has 0 atom stereocenters. The van der Waals surface area contributed by atoms with Gasteiger partial charge in [0, 0.05) is 43.7 Å². The average Bonchev–Trinajstić information content (AvgIpc) is 4.25. The number of nitrogens with zero attached hydrogens (tertiary/aromatic N) is 1.